The van der Waals surface area contributed by atoms with E-state index in [0.717, 1.165) is 14.0 Å². The molecule has 1 aromatic carbocycles. The van der Waals surface area contributed by atoms with Gasteiger partial charge in [-0.05, 0) is 56.0 Å². The third kappa shape index (κ3) is 2.90. The molecule has 1 heterocycles. The topological polar surface area (TPSA) is 17.1 Å². The molecule has 1 nitrogen and oxygen atoms in total. The lowest BCUT2D eigenvalue weighted by Crippen LogP contribution is -1.83. The smallest absolute Gasteiger partial charge is 0.169 e. The summed E-state index contributed by atoms with van der Waals surface area (Å²) >= 11 is 6.67. The second kappa shape index (κ2) is 5.08. The number of hydrogen-bond donors (Lipinski definition) is 0. The molecule has 0 bridgehead atoms. The van der Waals surface area contributed by atoms with Crippen LogP contribution in [-0.4, -0.2) is 5.78 Å². The van der Waals surface area contributed by atoms with Gasteiger partial charge < -0.3 is 0 Å². The van der Waals surface area contributed by atoms with Crippen LogP contribution in [0.5, 0.6) is 0 Å². The Labute approximate surface area is 108 Å². The van der Waals surface area contributed by atoms with Crippen LogP contribution in [0.15, 0.2) is 50.4 Å². The molecule has 2 aromatic rings. The SMILES string of the molecule is CC(=O)c1ccc(Sc2ccc([SH2+])cc2)s1. The van der Waals surface area contributed by atoms with Gasteiger partial charge >= 0.3 is 0 Å². The zero-order valence-corrected chi connectivity index (χ0v) is 11.3. The number of thiophene rings is 1. The van der Waals surface area contributed by atoms with Crippen molar-refractivity contribution in [2.75, 3.05) is 0 Å². The monoisotopic (exact) mass is 267 g/mol. The number of benzene rings is 1. The lowest BCUT2D eigenvalue weighted by molar-refractivity contribution is 0.102. The van der Waals surface area contributed by atoms with Crippen molar-refractivity contribution >= 4 is 41.5 Å². The summed E-state index contributed by atoms with van der Waals surface area (Å²) in [6.45, 7) is 1.60. The van der Waals surface area contributed by atoms with Crippen molar-refractivity contribution < 1.29 is 4.79 Å². The fourth-order valence-corrected chi connectivity index (χ4v) is 3.37. The van der Waals surface area contributed by atoms with Crippen LogP contribution in [0, 0.1) is 0 Å². The van der Waals surface area contributed by atoms with E-state index in [1.807, 2.05) is 24.3 Å². The van der Waals surface area contributed by atoms with Gasteiger partial charge in [0, 0.05) is 4.90 Å². The summed E-state index contributed by atoms with van der Waals surface area (Å²) in [5.41, 5.74) is 0. The number of hydrogen-bond acceptors (Lipinski definition) is 3. The van der Waals surface area contributed by atoms with Gasteiger partial charge in [-0.25, -0.2) is 0 Å². The van der Waals surface area contributed by atoms with Crippen LogP contribution in [0.3, 0.4) is 0 Å². The van der Waals surface area contributed by atoms with Crippen LogP contribution in [0.2, 0.25) is 0 Å². The number of carbonyl (C=O) groups excluding carboxylic acids is 1. The molecule has 0 amide bonds. The van der Waals surface area contributed by atoms with Crippen molar-refractivity contribution in [3.63, 3.8) is 0 Å². The van der Waals surface area contributed by atoms with Crippen LogP contribution in [0.1, 0.15) is 16.6 Å². The highest BCUT2D eigenvalue weighted by molar-refractivity contribution is 8.01. The molecule has 0 saturated carbocycles. The Bertz CT molecular complexity index is 499. The standard InChI is InChI=1S/C12H10OS3/c1-8(13)11-6-7-12(16-11)15-10-4-2-9(14)3-5-10/h2-7,14H,1H3/p+1. The minimum atomic E-state index is 0.132. The molecule has 0 spiro atoms. The van der Waals surface area contributed by atoms with E-state index in [-0.39, 0.29) is 5.78 Å². The Hall–Kier alpha value is -0.710. The maximum Gasteiger partial charge on any atom is 0.169 e. The number of rotatable bonds is 3. The molecule has 16 heavy (non-hydrogen) atoms. The minimum absolute atomic E-state index is 0.132. The molecule has 4 heteroatoms. The first kappa shape index (κ1) is 11.8. The maximum atomic E-state index is 11.2. The normalized spacial score (nSPS) is 10.4. The number of carbonyl (C=O) groups is 1. The second-order valence-electron chi connectivity index (χ2n) is 3.30. The zero-order valence-electron chi connectivity index (χ0n) is 8.69. The van der Waals surface area contributed by atoms with Crippen LogP contribution >= 0.6 is 23.1 Å². The highest BCUT2D eigenvalue weighted by Gasteiger charge is 2.05. The minimum Gasteiger partial charge on any atom is -0.294 e. The Morgan fingerprint density at radius 1 is 1.19 bits per heavy atom. The highest BCUT2D eigenvalue weighted by atomic mass is 32.2. The van der Waals surface area contributed by atoms with Crippen molar-refractivity contribution in [3.05, 3.63) is 41.3 Å². The third-order valence-corrected chi connectivity index (χ3v) is 4.66. The first-order valence-electron chi connectivity index (χ1n) is 4.75. The molecule has 0 saturated heterocycles. The largest absolute Gasteiger partial charge is 0.294 e. The fourth-order valence-electron chi connectivity index (χ4n) is 1.20. The van der Waals surface area contributed by atoms with Gasteiger partial charge in [0.15, 0.2) is 5.78 Å². The average molecular weight is 267 g/mol. The van der Waals surface area contributed by atoms with Crippen molar-refractivity contribution in [2.45, 2.75) is 20.9 Å². The predicted octanol–water partition coefficient (Wildman–Crippen LogP) is 3.47. The van der Waals surface area contributed by atoms with E-state index in [1.165, 1.54) is 4.90 Å². The van der Waals surface area contributed by atoms with E-state index in [9.17, 15) is 4.79 Å². The molecular formula is C12H11OS3+. The first-order valence-corrected chi connectivity index (χ1v) is 6.89. The van der Waals surface area contributed by atoms with Crippen molar-refractivity contribution in [2.24, 2.45) is 0 Å². The molecular weight excluding hydrogens is 256 g/mol. The van der Waals surface area contributed by atoms with Gasteiger partial charge in [-0.15, -0.1) is 11.3 Å². The van der Waals surface area contributed by atoms with Gasteiger partial charge in [-0.3, -0.25) is 4.79 Å². The summed E-state index contributed by atoms with van der Waals surface area (Å²) in [5, 5.41) is 0. The van der Waals surface area contributed by atoms with Crippen LogP contribution in [-0.2, 0) is 12.6 Å². The maximum absolute atomic E-state index is 11.2. The van der Waals surface area contributed by atoms with Crippen LogP contribution in [0.25, 0.3) is 0 Å². The van der Waals surface area contributed by atoms with E-state index < -0.39 is 0 Å². The van der Waals surface area contributed by atoms with Gasteiger partial charge in [-0.2, -0.15) is 0 Å². The molecule has 0 radical (unpaired) electrons. The lowest BCUT2D eigenvalue weighted by atomic mass is 10.4. The van der Waals surface area contributed by atoms with E-state index in [0.29, 0.717) is 0 Å². The molecule has 82 valence electrons. The molecule has 0 aliphatic carbocycles. The summed E-state index contributed by atoms with van der Waals surface area (Å²) in [4.78, 5) is 14.2. The van der Waals surface area contributed by atoms with Gasteiger partial charge in [0.1, 0.15) is 4.90 Å². The molecule has 0 N–H and O–H groups in total. The summed E-state index contributed by atoms with van der Waals surface area (Å²) in [6, 6.07) is 12.0. The summed E-state index contributed by atoms with van der Waals surface area (Å²) in [7, 11) is 0. The van der Waals surface area contributed by atoms with E-state index >= 15 is 0 Å². The Kier molecular flexibility index (Phi) is 3.74. The predicted molar refractivity (Wildman–Crippen MR) is 73.3 cm³/mol. The average Bonchev–Trinajstić information content (AvgIpc) is 2.70. The molecule has 0 aliphatic rings. The summed E-state index contributed by atoms with van der Waals surface area (Å²) < 4.78 is 1.15. The van der Waals surface area contributed by atoms with Gasteiger partial charge in [-0.1, -0.05) is 11.8 Å². The van der Waals surface area contributed by atoms with E-state index in [4.69, 9.17) is 0 Å². The van der Waals surface area contributed by atoms with E-state index in [1.54, 1.807) is 30.0 Å². The molecule has 0 fully saturated rings. The highest BCUT2D eigenvalue weighted by Crippen LogP contribution is 2.33. The van der Waals surface area contributed by atoms with Gasteiger partial charge in [0.05, 0.1) is 9.09 Å². The number of Topliss-reactive ketones (excluding diaryl/α,β-unsaturated/α-hetero) is 1. The van der Waals surface area contributed by atoms with Crippen molar-refractivity contribution in [3.8, 4) is 0 Å². The van der Waals surface area contributed by atoms with Crippen LogP contribution < -0.4 is 0 Å². The van der Waals surface area contributed by atoms with Gasteiger partial charge in [0.2, 0.25) is 0 Å². The van der Waals surface area contributed by atoms with Crippen molar-refractivity contribution in [1.82, 2.24) is 0 Å². The Morgan fingerprint density at radius 3 is 2.44 bits per heavy atom. The first-order chi connectivity index (χ1) is 7.65. The quantitative estimate of drug-likeness (QED) is 0.625. The molecule has 2 rings (SSSR count). The molecule has 0 atom stereocenters. The zero-order chi connectivity index (χ0) is 11.5. The Balaban J connectivity index is 2.14. The summed E-state index contributed by atoms with van der Waals surface area (Å²) in [5.74, 6) is 0.132. The molecule has 0 unspecified atom stereocenters. The Morgan fingerprint density at radius 2 is 1.88 bits per heavy atom. The molecule has 0 aliphatic heterocycles. The fraction of sp³-hybridized carbons (Fsp3) is 0.0833. The number of ketones is 1. The molecule has 1 aromatic heterocycles. The van der Waals surface area contributed by atoms with E-state index in [2.05, 4.69) is 24.8 Å². The third-order valence-electron chi connectivity index (χ3n) is 2.00. The van der Waals surface area contributed by atoms with Crippen LogP contribution in [0.4, 0.5) is 0 Å². The summed E-state index contributed by atoms with van der Waals surface area (Å²) in [6.07, 6.45) is 0. The van der Waals surface area contributed by atoms with Crippen molar-refractivity contribution in [1.29, 1.82) is 0 Å². The lowest BCUT2D eigenvalue weighted by Gasteiger charge is -1.96. The second-order valence-corrected chi connectivity index (χ2v) is 6.34. The van der Waals surface area contributed by atoms with Gasteiger partial charge in [0.25, 0.3) is 0 Å².